The van der Waals surface area contributed by atoms with Crippen LogP contribution in [0.4, 0.5) is 4.79 Å². The monoisotopic (exact) mass is 416 g/mol. The average Bonchev–Trinajstić information content (AvgIpc) is 2.74. The third-order valence-corrected chi connectivity index (χ3v) is 3.57. The molecule has 2 heterocycles. The van der Waals surface area contributed by atoms with E-state index in [2.05, 4.69) is 27.6 Å². The van der Waals surface area contributed by atoms with Crippen molar-refractivity contribution in [1.29, 1.82) is 0 Å². The lowest BCUT2D eigenvalue weighted by Crippen LogP contribution is -2.24. The number of ether oxygens (including phenoxy) is 2. The highest BCUT2D eigenvalue weighted by molar-refractivity contribution is 14.1. The second-order valence-corrected chi connectivity index (χ2v) is 6.80. The normalized spacial score (nSPS) is 11.5. The zero-order valence-electron chi connectivity index (χ0n) is 12.8. The number of carbonyl (C=O) groups is 2. The molecular formula is C15H17IN2O4. The summed E-state index contributed by atoms with van der Waals surface area (Å²) in [6.45, 7) is 7.37. The summed E-state index contributed by atoms with van der Waals surface area (Å²) in [6.07, 6.45) is 2.73. The second-order valence-electron chi connectivity index (χ2n) is 5.63. The average molecular weight is 416 g/mol. The summed E-state index contributed by atoms with van der Waals surface area (Å²) >= 11 is 2.11. The second kappa shape index (κ2) is 6.23. The summed E-state index contributed by atoms with van der Waals surface area (Å²) in [5, 5.41) is 0.779. The Labute approximate surface area is 141 Å². The van der Waals surface area contributed by atoms with Crippen molar-refractivity contribution in [1.82, 2.24) is 9.55 Å². The van der Waals surface area contributed by atoms with Gasteiger partial charge in [0, 0.05) is 21.4 Å². The molecule has 2 aromatic heterocycles. The van der Waals surface area contributed by atoms with Gasteiger partial charge in [-0.15, -0.1) is 0 Å². The number of pyridine rings is 1. The smallest absolute Gasteiger partial charge is 0.418 e. The Balaban J connectivity index is 2.46. The van der Waals surface area contributed by atoms with Gasteiger partial charge in [0.25, 0.3) is 0 Å². The fraction of sp³-hybridized carbons (Fsp3) is 0.400. The van der Waals surface area contributed by atoms with Crippen molar-refractivity contribution >= 4 is 45.6 Å². The minimum atomic E-state index is -0.606. The minimum absolute atomic E-state index is 0.155. The van der Waals surface area contributed by atoms with Crippen LogP contribution in [0, 0.1) is 3.57 Å². The van der Waals surface area contributed by atoms with Crippen LogP contribution in [0.25, 0.3) is 10.9 Å². The third-order valence-electron chi connectivity index (χ3n) is 2.71. The predicted molar refractivity (Wildman–Crippen MR) is 90.0 cm³/mol. The SMILES string of the molecule is CCOC(=O)n1cc(I)c2cnc(C(=O)OC(C)(C)C)cc21. The fourth-order valence-corrected chi connectivity index (χ4v) is 2.56. The number of hydrogen-bond donors (Lipinski definition) is 0. The van der Waals surface area contributed by atoms with E-state index in [1.54, 1.807) is 46.2 Å². The minimum Gasteiger partial charge on any atom is -0.455 e. The zero-order valence-corrected chi connectivity index (χ0v) is 15.0. The first kappa shape index (κ1) is 16.7. The molecule has 0 N–H and O–H groups in total. The molecular weight excluding hydrogens is 399 g/mol. The molecule has 7 heteroatoms. The lowest BCUT2D eigenvalue weighted by atomic mass is 10.2. The quantitative estimate of drug-likeness (QED) is 0.553. The molecule has 0 saturated carbocycles. The summed E-state index contributed by atoms with van der Waals surface area (Å²) in [7, 11) is 0. The summed E-state index contributed by atoms with van der Waals surface area (Å²) in [5.74, 6) is -0.527. The number of carbonyl (C=O) groups excluding carboxylic acids is 2. The highest BCUT2D eigenvalue weighted by Crippen LogP contribution is 2.24. The van der Waals surface area contributed by atoms with Gasteiger partial charge in [-0.1, -0.05) is 0 Å². The molecule has 2 aromatic rings. The lowest BCUT2D eigenvalue weighted by Gasteiger charge is -2.19. The molecule has 0 fully saturated rings. The maximum atomic E-state index is 12.1. The van der Waals surface area contributed by atoms with Crippen LogP contribution in [0.1, 0.15) is 38.2 Å². The summed E-state index contributed by atoms with van der Waals surface area (Å²) in [4.78, 5) is 28.2. The number of nitrogens with zero attached hydrogens (tertiary/aromatic N) is 2. The molecule has 0 aliphatic heterocycles. The molecule has 0 aromatic carbocycles. The molecule has 0 spiro atoms. The molecule has 118 valence electrons. The van der Waals surface area contributed by atoms with Gasteiger partial charge in [0.15, 0.2) is 5.69 Å². The van der Waals surface area contributed by atoms with Crippen LogP contribution in [0.2, 0.25) is 0 Å². The van der Waals surface area contributed by atoms with E-state index in [-0.39, 0.29) is 12.3 Å². The summed E-state index contributed by atoms with van der Waals surface area (Å²) < 4.78 is 12.5. The Kier molecular flexibility index (Phi) is 4.74. The van der Waals surface area contributed by atoms with Gasteiger partial charge in [-0.05, 0) is 56.4 Å². The Morgan fingerprint density at radius 1 is 1.36 bits per heavy atom. The van der Waals surface area contributed by atoms with Crippen molar-refractivity contribution in [3.63, 3.8) is 0 Å². The first-order valence-corrected chi connectivity index (χ1v) is 7.88. The first-order chi connectivity index (χ1) is 10.2. The van der Waals surface area contributed by atoms with Crippen LogP contribution in [-0.2, 0) is 9.47 Å². The van der Waals surface area contributed by atoms with Crippen molar-refractivity contribution in [2.75, 3.05) is 6.61 Å². The molecule has 0 atom stereocenters. The van der Waals surface area contributed by atoms with Crippen molar-refractivity contribution in [3.8, 4) is 0 Å². The van der Waals surface area contributed by atoms with Crippen LogP contribution >= 0.6 is 22.6 Å². The van der Waals surface area contributed by atoms with Crippen molar-refractivity contribution in [2.24, 2.45) is 0 Å². The zero-order chi connectivity index (χ0) is 16.5. The third kappa shape index (κ3) is 3.57. The van der Waals surface area contributed by atoms with Crippen LogP contribution in [0.15, 0.2) is 18.5 Å². The highest BCUT2D eigenvalue weighted by Gasteiger charge is 2.21. The van der Waals surface area contributed by atoms with Crippen molar-refractivity contribution < 1.29 is 19.1 Å². The number of aromatic nitrogens is 2. The van der Waals surface area contributed by atoms with E-state index in [0.29, 0.717) is 5.52 Å². The number of fused-ring (bicyclic) bond motifs is 1. The van der Waals surface area contributed by atoms with Crippen LogP contribution in [-0.4, -0.2) is 33.8 Å². The van der Waals surface area contributed by atoms with E-state index < -0.39 is 17.7 Å². The Morgan fingerprint density at radius 3 is 2.64 bits per heavy atom. The van der Waals surface area contributed by atoms with Gasteiger partial charge in [0.05, 0.1) is 12.1 Å². The maximum absolute atomic E-state index is 12.1. The number of esters is 1. The van der Waals surface area contributed by atoms with Gasteiger partial charge in [0.1, 0.15) is 5.60 Å². The van der Waals surface area contributed by atoms with E-state index in [1.165, 1.54) is 4.57 Å². The Morgan fingerprint density at radius 2 is 2.05 bits per heavy atom. The lowest BCUT2D eigenvalue weighted by molar-refractivity contribution is 0.00629. The molecule has 22 heavy (non-hydrogen) atoms. The van der Waals surface area contributed by atoms with Crippen LogP contribution in [0.5, 0.6) is 0 Å². The summed E-state index contributed by atoms with van der Waals surface area (Å²) in [6, 6.07) is 1.54. The highest BCUT2D eigenvalue weighted by atomic mass is 127. The molecule has 0 saturated heterocycles. The van der Waals surface area contributed by atoms with Gasteiger partial charge in [-0.3, -0.25) is 4.57 Å². The van der Waals surface area contributed by atoms with Gasteiger partial charge in [0.2, 0.25) is 0 Å². The van der Waals surface area contributed by atoms with E-state index in [0.717, 1.165) is 8.96 Å². The number of hydrogen-bond acceptors (Lipinski definition) is 5. The Hall–Kier alpha value is -1.64. The van der Waals surface area contributed by atoms with E-state index in [9.17, 15) is 9.59 Å². The molecule has 0 unspecified atom stereocenters. The molecule has 6 nitrogen and oxygen atoms in total. The standard InChI is InChI=1S/C15H17IN2O4/c1-5-21-14(20)18-8-10(16)9-7-17-11(6-12(9)18)13(19)22-15(2,3)4/h6-8H,5H2,1-4H3. The predicted octanol–water partition coefficient (Wildman–Crippen LogP) is 3.60. The van der Waals surface area contributed by atoms with Crippen molar-refractivity contribution in [3.05, 3.63) is 27.7 Å². The fourth-order valence-electron chi connectivity index (χ4n) is 1.87. The van der Waals surface area contributed by atoms with Gasteiger partial charge in [-0.25, -0.2) is 14.6 Å². The topological polar surface area (TPSA) is 70.4 Å². The maximum Gasteiger partial charge on any atom is 0.418 e. The first-order valence-electron chi connectivity index (χ1n) is 6.80. The molecule has 0 amide bonds. The molecule has 0 aliphatic rings. The van der Waals surface area contributed by atoms with E-state index >= 15 is 0 Å². The molecule has 0 radical (unpaired) electrons. The van der Waals surface area contributed by atoms with E-state index in [1.807, 2.05) is 0 Å². The largest absolute Gasteiger partial charge is 0.455 e. The van der Waals surface area contributed by atoms with Gasteiger partial charge >= 0.3 is 12.1 Å². The Bertz CT molecular complexity index is 731. The number of rotatable bonds is 2. The molecule has 2 rings (SSSR count). The van der Waals surface area contributed by atoms with Crippen LogP contribution < -0.4 is 0 Å². The summed E-state index contributed by atoms with van der Waals surface area (Å²) in [5.41, 5.74) is 0.117. The van der Waals surface area contributed by atoms with Gasteiger partial charge in [-0.2, -0.15) is 0 Å². The van der Waals surface area contributed by atoms with Crippen molar-refractivity contribution in [2.45, 2.75) is 33.3 Å². The molecule has 0 aliphatic carbocycles. The van der Waals surface area contributed by atoms with Gasteiger partial charge < -0.3 is 9.47 Å². The number of halogens is 1. The molecule has 0 bridgehead atoms. The van der Waals surface area contributed by atoms with Crippen LogP contribution in [0.3, 0.4) is 0 Å². The van der Waals surface area contributed by atoms with E-state index in [4.69, 9.17) is 9.47 Å².